The molecule has 0 radical (unpaired) electrons. The van der Waals surface area contributed by atoms with Crippen LogP contribution in [0, 0.1) is 5.92 Å². The summed E-state index contributed by atoms with van der Waals surface area (Å²) in [6.45, 7) is 5.32. The van der Waals surface area contributed by atoms with Crippen LogP contribution in [0.25, 0.3) is 0 Å². The van der Waals surface area contributed by atoms with Crippen LogP contribution in [0.4, 0.5) is 10.1 Å². The monoisotopic (exact) mass is 363 g/mol. The number of β-amino-alcohol motifs (C(OH)–C–C–N with tert-alkyl or cyclic N) is 1. The molecule has 4 rings (SSSR count). The minimum atomic E-state index is -1.19. The molecule has 6 nitrogen and oxygen atoms in total. The highest BCUT2D eigenvalue weighted by Gasteiger charge is 2.41. The average Bonchev–Trinajstić information content (AvgIpc) is 3.31. The molecule has 7 heteroatoms. The topological polar surface area (TPSA) is 65.9 Å². The number of hydrogen-bond donors (Lipinski definition) is 1. The minimum Gasteiger partial charge on any atom is -0.476 e. The predicted octanol–water partition coefficient (Wildman–Crippen LogP) is 2.02. The summed E-state index contributed by atoms with van der Waals surface area (Å²) < 4.78 is 19.8. The third kappa shape index (κ3) is 3.63. The second-order valence-electron chi connectivity index (χ2n) is 8.52. The first-order valence-electron chi connectivity index (χ1n) is 9.32. The maximum Gasteiger partial charge on any atom is 0.272 e. The number of aliphatic hydroxyl groups is 1. The van der Waals surface area contributed by atoms with Crippen molar-refractivity contribution in [1.29, 1.82) is 0 Å². The molecule has 1 aromatic heterocycles. The molecule has 3 heterocycles. The molecule has 3 fully saturated rings. The molecule has 1 unspecified atom stereocenters. The standard InChI is InChI=1S/C19H26FN3O3/c1-18(20)10-23(11-18)15-6-5-14(21-16(15)26-9-13-3-4-13)17(24)22-8-7-19(2,25)12-22/h5-6,13,25H,3-4,7-12H2,1-2H3. The Morgan fingerprint density at radius 3 is 2.65 bits per heavy atom. The Balaban J connectivity index is 1.54. The van der Waals surface area contributed by atoms with Crippen molar-refractivity contribution in [1.82, 2.24) is 9.88 Å². The highest BCUT2D eigenvalue weighted by Crippen LogP contribution is 2.37. The summed E-state index contributed by atoms with van der Waals surface area (Å²) in [7, 11) is 0. The zero-order valence-electron chi connectivity index (χ0n) is 15.4. The zero-order valence-corrected chi connectivity index (χ0v) is 15.4. The maximum atomic E-state index is 13.9. The number of anilines is 1. The van der Waals surface area contributed by atoms with Gasteiger partial charge in [0, 0.05) is 13.1 Å². The molecule has 1 amide bonds. The van der Waals surface area contributed by atoms with Gasteiger partial charge >= 0.3 is 0 Å². The second kappa shape index (κ2) is 6.08. The molecule has 3 aliphatic rings. The molecular formula is C19H26FN3O3. The fourth-order valence-electron chi connectivity index (χ4n) is 3.58. The second-order valence-corrected chi connectivity index (χ2v) is 8.52. The number of aromatic nitrogens is 1. The molecule has 0 aromatic carbocycles. The number of ether oxygens (including phenoxy) is 1. The Bertz CT molecular complexity index is 710. The fraction of sp³-hybridized carbons (Fsp3) is 0.684. The summed E-state index contributed by atoms with van der Waals surface area (Å²) >= 11 is 0. The van der Waals surface area contributed by atoms with Crippen LogP contribution in [0.5, 0.6) is 5.88 Å². The highest BCUT2D eigenvalue weighted by atomic mass is 19.1. The van der Waals surface area contributed by atoms with Crippen molar-refractivity contribution in [3.63, 3.8) is 0 Å². The van der Waals surface area contributed by atoms with E-state index in [1.165, 1.54) is 0 Å². The number of alkyl halides is 1. The van der Waals surface area contributed by atoms with Gasteiger partial charge in [0.15, 0.2) is 0 Å². The summed E-state index contributed by atoms with van der Waals surface area (Å²) in [5.74, 6) is 0.759. The SMILES string of the molecule is CC1(O)CCN(C(=O)c2ccc(N3CC(C)(F)C3)c(OCC3CC3)n2)C1. The molecule has 1 N–H and O–H groups in total. The van der Waals surface area contributed by atoms with E-state index >= 15 is 0 Å². The van der Waals surface area contributed by atoms with Crippen LogP contribution < -0.4 is 9.64 Å². The number of carbonyl (C=O) groups is 1. The van der Waals surface area contributed by atoms with Crippen molar-refractivity contribution < 1.29 is 19.0 Å². The number of hydrogen-bond acceptors (Lipinski definition) is 5. The number of pyridine rings is 1. The van der Waals surface area contributed by atoms with Crippen LogP contribution in [-0.2, 0) is 0 Å². The van der Waals surface area contributed by atoms with E-state index in [-0.39, 0.29) is 5.91 Å². The van der Waals surface area contributed by atoms with E-state index in [0.29, 0.717) is 56.7 Å². The minimum absolute atomic E-state index is 0.204. The van der Waals surface area contributed by atoms with E-state index in [1.54, 1.807) is 30.9 Å². The Labute approximate surface area is 152 Å². The molecule has 2 saturated heterocycles. The molecule has 1 aliphatic carbocycles. The van der Waals surface area contributed by atoms with E-state index in [2.05, 4.69) is 4.98 Å². The summed E-state index contributed by atoms with van der Waals surface area (Å²) in [4.78, 5) is 20.7. The van der Waals surface area contributed by atoms with Gasteiger partial charge in [0.05, 0.1) is 25.3 Å². The smallest absolute Gasteiger partial charge is 0.272 e. The Morgan fingerprint density at radius 1 is 1.35 bits per heavy atom. The van der Waals surface area contributed by atoms with Gasteiger partial charge in [-0.1, -0.05) is 0 Å². The van der Waals surface area contributed by atoms with E-state index in [9.17, 15) is 14.3 Å². The van der Waals surface area contributed by atoms with E-state index < -0.39 is 11.3 Å². The van der Waals surface area contributed by atoms with E-state index in [1.807, 2.05) is 4.90 Å². The Hall–Kier alpha value is -1.89. The molecule has 142 valence electrons. The predicted molar refractivity (Wildman–Crippen MR) is 95.3 cm³/mol. The Kier molecular flexibility index (Phi) is 4.10. The van der Waals surface area contributed by atoms with Gasteiger partial charge in [-0.05, 0) is 51.2 Å². The quantitative estimate of drug-likeness (QED) is 0.867. The lowest BCUT2D eigenvalue weighted by Gasteiger charge is -2.44. The number of rotatable bonds is 5. The van der Waals surface area contributed by atoms with Gasteiger partial charge in [-0.2, -0.15) is 0 Å². The maximum absolute atomic E-state index is 13.9. The van der Waals surface area contributed by atoms with Crippen molar-refractivity contribution >= 4 is 11.6 Å². The van der Waals surface area contributed by atoms with E-state index in [0.717, 1.165) is 18.5 Å². The largest absolute Gasteiger partial charge is 0.476 e. The van der Waals surface area contributed by atoms with Crippen molar-refractivity contribution in [2.24, 2.45) is 5.92 Å². The van der Waals surface area contributed by atoms with Crippen LogP contribution in [0.3, 0.4) is 0 Å². The third-order valence-electron chi connectivity index (χ3n) is 5.33. The molecule has 1 saturated carbocycles. The van der Waals surface area contributed by atoms with Crippen LogP contribution in [0.15, 0.2) is 12.1 Å². The van der Waals surface area contributed by atoms with E-state index in [4.69, 9.17) is 4.74 Å². The lowest BCUT2D eigenvalue weighted by atomic mass is 9.98. The van der Waals surface area contributed by atoms with Crippen molar-refractivity contribution in [2.45, 2.75) is 44.4 Å². The van der Waals surface area contributed by atoms with Gasteiger partial charge < -0.3 is 19.6 Å². The van der Waals surface area contributed by atoms with Crippen LogP contribution in [0.1, 0.15) is 43.6 Å². The normalized spacial score (nSPS) is 27.4. The molecule has 1 aromatic rings. The van der Waals surface area contributed by atoms with Crippen molar-refractivity contribution in [2.75, 3.05) is 37.7 Å². The number of nitrogens with zero attached hydrogens (tertiary/aromatic N) is 3. The third-order valence-corrected chi connectivity index (χ3v) is 5.33. The van der Waals surface area contributed by atoms with Gasteiger partial charge in [-0.3, -0.25) is 4.79 Å². The average molecular weight is 363 g/mol. The first kappa shape index (κ1) is 17.5. The summed E-state index contributed by atoms with van der Waals surface area (Å²) in [6.07, 6.45) is 2.87. The number of halogens is 1. The molecule has 1 atom stereocenters. The lowest BCUT2D eigenvalue weighted by Crippen LogP contribution is -2.57. The molecule has 0 spiro atoms. The first-order chi connectivity index (χ1) is 12.2. The van der Waals surface area contributed by atoms with Gasteiger partial charge in [-0.15, -0.1) is 0 Å². The molecule has 0 bridgehead atoms. The number of carbonyl (C=O) groups excluding carboxylic acids is 1. The van der Waals surface area contributed by atoms with Gasteiger partial charge in [0.1, 0.15) is 17.1 Å². The van der Waals surface area contributed by atoms with Gasteiger partial charge in [0.2, 0.25) is 5.88 Å². The molecule has 26 heavy (non-hydrogen) atoms. The molecule has 2 aliphatic heterocycles. The summed E-state index contributed by atoms with van der Waals surface area (Å²) in [5.41, 5.74) is -0.987. The summed E-state index contributed by atoms with van der Waals surface area (Å²) in [5, 5.41) is 10.1. The first-order valence-corrected chi connectivity index (χ1v) is 9.32. The van der Waals surface area contributed by atoms with Crippen LogP contribution in [-0.4, -0.2) is 65.0 Å². The fourth-order valence-corrected chi connectivity index (χ4v) is 3.58. The highest BCUT2D eigenvalue weighted by molar-refractivity contribution is 5.93. The van der Waals surface area contributed by atoms with Crippen LogP contribution >= 0.6 is 0 Å². The van der Waals surface area contributed by atoms with Gasteiger partial charge in [0.25, 0.3) is 5.91 Å². The van der Waals surface area contributed by atoms with Gasteiger partial charge in [-0.25, -0.2) is 9.37 Å². The number of amides is 1. The summed E-state index contributed by atoms with van der Waals surface area (Å²) in [6, 6.07) is 3.47. The molecular weight excluding hydrogens is 337 g/mol. The zero-order chi connectivity index (χ0) is 18.5. The van der Waals surface area contributed by atoms with Crippen molar-refractivity contribution in [3.05, 3.63) is 17.8 Å². The van der Waals surface area contributed by atoms with Crippen LogP contribution in [0.2, 0.25) is 0 Å². The Morgan fingerprint density at radius 2 is 2.08 bits per heavy atom. The van der Waals surface area contributed by atoms with Crippen molar-refractivity contribution in [3.8, 4) is 5.88 Å². The lowest BCUT2D eigenvalue weighted by molar-refractivity contribution is 0.0568. The number of likely N-dealkylation sites (tertiary alicyclic amines) is 1.